The standard InChI is InChI=1S/C14H26N2O/c1-4-9-15-10-5-6-11-16(3)12-14-8-7-13(2)17-14/h7-8,15H,4-6,9-12H2,1-3H3. The van der Waals surface area contributed by atoms with Gasteiger partial charge in [-0.2, -0.15) is 0 Å². The Balaban J connectivity index is 2.03. The van der Waals surface area contributed by atoms with Gasteiger partial charge < -0.3 is 9.73 Å². The Kier molecular flexibility index (Phi) is 6.97. The molecule has 0 fully saturated rings. The molecule has 0 aliphatic heterocycles. The van der Waals surface area contributed by atoms with Crippen LogP contribution in [0.1, 0.15) is 37.7 Å². The molecule has 0 unspecified atom stereocenters. The van der Waals surface area contributed by atoms with Crippen molar-refractivity contribution >= 4 is 0 Å². The summed E-state index contributed by atoms with van der Waals surface area (Å²) in [5.41, 5.74) is 0. The molecule has 1 aromatic rings. The van der Waals surface area contributed by atoms with Crippen molar-refractivity contribution in [1.29, 1.82) is 0 Å². The van der Waals surface area contributed by atoms with Crippen LogP contribution in [0.5, 0.6) is 0 Å². The number of hydrogen-bond acceptors (Lipinski definition) is 3. The number of hydrogen-bond donors (Lipinski definition) is 1. The van der Waals surface area contributed by atoms with Crippen LogP contribution in [0.2, 0.25) is 0 Å². The molecular formula is C14H26N2O. The van der Waals surface area contributed by atoms with E-state index in [4.69, 9.17) is 4.42 Å². The van der Waals surface area contributed by atoms with Crippen molar-refractivity contribution in [1.82, 2.24) is 10.2 Å². The molecule has 0 saturated carbocycles. The lowest BCUT2D eigenvalue weighted by atomic mass is 10.3. The summed E-state index contributed by atoms with van der Waals surface area (Å²) >= 11 is 0. The Labute approximate surface area is 105 Å². The number of nitrogens with one attached hydrogen (secondary N) is 1. The van der Waals surface area contributed by atoms with E-state index in [1.54, 1.807) is 0 Å². The number of nitrogens with zero attached hydrogens (tertiary/aromatic N) is 1. The van der Waals surface area contributed by atoms with Gasteiger partial charge in [0, 0.05) is 0 Å². The molecule has 17 heavy (non-hydrogen) atoms. The van der Waals surface area contributed by atoms with Crippen LogP contribution in [0.15, 0.2) is 16.5 Å². The van der Waals surface area contributed by atoms with E-state index in [2.05, 4.69) is 30.3 Å². The smallest absolute Gasteiger partial charge is 0.118 e. The summed E-state index contributed by atoms with van der Waals surface area (Å²) in [5, 5.41) is 3.42. The molecule has 0 atom stereocenters. The van der Waals surface area contributed by atoms with Crippen LogP contribution < -0.4 is 5.32 Å². The Morgan fingerprint density at radius 1 is 1.24 bits per heavy atom. The molecule has 0 amide bonds. The Morgan fingerprint density at radius 2 is 2.06 bits per heavy atom. The van der Waals surface area contributed by atoms with Gasteiger partial charge in [0.1, 0.15) is 11.5 Å². The predicted octanol–water partition coefficient (Wildman–Crippen LogP) is 2.80. The van der Waals surface area contributed by atoms with Gasteiger partial charge in [-0.1, -0.05) is 6.92 Å². The maximum absolute atomic E-state index is 5.56. The van der Waals surface area contributed by atoms with E-state index in [1.165, 1.54) is 19.3 Å². The van der Waals surface area contributed by atoms with E-state index in [9.17, 15) is 0 Å². The summed E-state index contributed by atoms with van der Waals surface area (Å²) in [6, 6.07) is 4.09. The Bertz CT molecular complexity index is 296. The third-order valence-corrected chi connectivity index (χ3v) is 2.79. The van der Waals surface area contributed by atoms with Crippen molar-refractivity contribution in [3.8, 4) is 0 Å². The van der Waals surface area contributed by atoms with Crippen LogP contribution in [-0.2, 0) is 6.54 Å². The third kappa shape index (κ3) is 6.49. The molecule has 98 valence electrons. The van der Waals surface area contributed by atoms with Crippen LogP contribution in [-0.4, -0.2) is 31.6 Å². The summed E-state index contributed by atoms with van der Waals surface area (Å²) in [5.74, 6) is 2.06. The summed E-state index contributed by atoms with van der Waals surface area (Å²) in [6.07, 6.45) is 3.71. The van der Waals surface area contributed by atoms with Crippen LogP contribution in [0.25, 0.3) is 0 Å². The predicted molar refractivity (Wildman–Crippen MR) is 72.2 cm³/mol. The highest BCUT2D eigenvalue weighted by Gasteiger charge is 2.03. The highest BCUT2D eigenvalue weighted by atomic mass is 16.3. The first-order chi connectivity index (χ1) is 8.22. The minimum absolute atomic E-state index is 0.913. The second-order valence-electron chi connectivity index (χ2n) is 4.71. The molecule has 0 bridgehead atoms. The molecule has 1 heterocycles. The van der Waals surface area contributed by atoms with Crippen LogP contribution in [0.4, 0.5) is 0 Å². The molecule has 0 aliphatic rings. The van der Waals surface area contributed by atoms with E-state index in [0.29, 0.717) is 0 Å². The zero-order valence-corrected chi connectivity index (χ0v) is 11.5. The quantitative estimate of drug-likeness (QED) is 0.671. The van der Waals surface area contributed by atoms with E-state index in [-0.39, 0.29) is 0 Å². The Morgan fingerprint density at radius 3 is 2.71 bits per heavy atom. The van der Waals surface area contributed by atoms with Gasteiger partial charge in [0.05, 0.1) is 6.54 Å². The van der Waals surface area contributed by atoms with Gasteiger partial charge in [-0.05, 0) is 65.0 Å². The maximum Gasteiger partial charge on any atom is 0.118 e. The van der Waals surface area contributed by atoms with Gasteiger partial charge in [-0.25, -0.2) is 0 Å². The van der Waals surface area contributed by atoms with E-state index < -0.39 is 0 Å². The maximum atomic E-state index is 5.56. The normalized spacial score (nSPS) is 11.3. The van der Waals surface area contributed by atoms with E-state index in [1.807, 2.05) is 13.0 Å². The first-order valence-corrected chi connectivity index (χ1v) is 6.67. The third-order valence-electron chi connectivity index (χ3n) is 2.79. The molecule has 0 aromatic carbocycles. The van der Waals surface area contributed by atoms with Crippen molar-refractivity contribution in [2.24, 2.45) is 0 Å². The molecule has 0 aliphatic carbocycles. The SMILES string of the molecule is CCCNCCCCN(C)Cc1ccc(C)o1. The second kappa shape index (κ2) is 8.31. The van der Waals surface area contributed by atoms with Crippen molar-refractivity contribution in [3.63, 3.8) is 0 Å². The van der Waals surface area contributed by atoms with Crippen molar-refractivity contribution < 1.29 is 4.42 Å². The second-order valence-corrected chi connectivity index (χ2v) is 4.71. The summed E-state index contributed by atoms with van der Waals surface area (Å²) in [4.78, 5) is 2.32. The van der Waals surface area contributed by atoms with E-state index >= 15 is 0 Å². The zero-order valence-electron chi connectivity index (χ0n) is 11.5. The van der Waals surface area contributed by atoms with Crippen LogP contribution >= 0.6 is 0 Å². The van der Waals surface area contributed by atoms with Gasteiger partial charge >= 0.3 is 0 Å². The molecule has 0 radical (unpaired) electrons. The fourth-order valence-electron chi connectivity index (χ4n) is 1.85. The summed E-state index contributed by atoms with van der Waals surface area (Å²) < 4.78 is 5.56. The number of aryl methyl sites for hydroxylation is 1. The fraction of sp³-hybridized carbons (Fsp3) is 0.714. The molecule has 3 heteroatoms. The highest BCUT2D eigenvalue weighted by molar-refractivity contribution is 5.05. The first kappa shape index (κ1) is 14.3. The molecule has 1 aromatic heterocycles. The molecule has 1 N–H and O–H groups in total. The lowest BCUT2D eigenvalue weighted by Gasteiger charge is -2.14. The lowest BCUT2D eigenvalue weighted by molar-refractivity contribution is 0.286. The van der Waals surface area contributed by atoms with Gasteiger partial charge in [0.15, 0.2) is 0 Å². The van der Waals surface area contributed by atoms with Gasteiger partial charge in [-0.15, -0.1) is 0 Å². The number of unbranched alkanes of at least 4 members (excludes halogenated alkanes) is 1. The molecule has 0 spiro atoms. The average molecular weight is 238 g/mol. The summed E-state index contributed by atoms with van der Waals surface area (Å²) in [7, 11) is 2.15. The highest BCUT2D eigenvalue weighted by Crippen LogP contribution is 2.08. The number of rotatable bonds is 9. The molecule has 3 nitrogen and oxygen atoms in total. The monoisotopic (exact) mass is 238 g/mol. The first-order valence-electron chi connectivity index (χ1n) is 6.67. The average Bonchev–Trinajstić information content (AvgIpc) is 2.69. The zero-order chi connectivity index (χ0) is 12.5. The largest absolute Gasteiger partial charge is 0.465 e. The van der Waals surface area contributed by atoms with E-state index in [0.717, 1.165) is 37.7 Å². The topological polar surface area (TPSA) is 28.4 Å². The van der Waals surface area contributed by atoms with Gasteiger partial charge in [0.25, 0.3) is 0 Å². The van der Waals surface area contributed by atoms with Crippen molar-refractivity contribution in [3.05, 3.63) is 23.7 Å². The summed E-state index contributed by atoms with van der Waals surface area (Å²) in [6.45, 7) is 8.52. The van der Waals surface area contributed by atoms with Crippen molar-refractivity contribution in [2.45, 2.75) is 39.7 Å². The number of furan rings is 1. The van der Waals surface area contributed by atoms with Gasteiger partial charge in [-0.3, -0.25) is 4.90 Å². The minimum atomic E-state index is 0.913. The minimum Gasteiger partial charge on any atom is -0.465 e. The lowest BCUT2D eigenvalue weighted by Crippen LogP contribution is -2.21. The van der Waals surface area contributed by atoms with Crippen molar-refractivity contribution in [2.75, 3.05) is 26.7 Å². The molecular weight excluding hydrogens is 212 g/mol. The Hall–Kier alpha value is -0.800. The van der Waals surface area contributed by atoms with Crippen LogP contribution in [0, 0.1) is 6.92 Å². The molecule has 1 rings (SSSR count). The fourth-order valence-corrected chi connectivity index (χ4v) is 1.85. The van der Waals surface area contributed by atoms with Gasteiger partial charge in [0.2, 0.25) is 0 Å². The van der Waals surface area contributed by atoms with Crippen LogP contribution in [0.3, 0.4) is 0 Å². The molecule has 0 saturated heterocycles.